The monoisotopic (exact) mass is 224 g/mol. The van der Waals surface area contributed by atoms with Gasteiger partial charge in [0.25, 0.3) is 0 Å². The van der Waals surface area contributed by atoms with Gasteiger partial charge in [0.05, 0.1) is 5.69 Å². The summed E-state index contributed by atoms with van der Waals surface area (Å²) in [5.41, 5.74) is 6.31. The smallest absolute Gasteiger partial charge is 0.224 e. The summed E-state index contributed by atoms with van der Waals surface area (Å²) in [6.07, 6.45) is 2.19. The number of unbranched alkanes of at least 4 members (excludes halogenated alkanes) is 1. The van der Waals surface area contributed by atoms with Crippen molar-refractivity contribution < 1.29 is 9.18 Å². The van der Waals surface area contributed by atoms with Crippen LogP contribution in [0.5, 0.6) is 0 Å². The number of carbonyl (C=O) groups is 1. The Morgan fingerprint density at radius 3 is 2.81 bits per heavy atom. The van der Waals surface area contributed by atoms with Crippen LogP contribution in [-0.4, -0.2) is 5.91 Å². The van der Waals surface area contributed by atoms with Crippen LogP contribution in [0.3, 0.4) is 0 Å². The lowest BCUT2D eigenvalue weighted by Crippen LogP contribution is -2.12. The molecule has 3 N–H and O–H groups in total. The second-order valence-corrected chi connectivity index (χ2v) is 3.67. The van der Waals surface area contributed by atoms with Crippen LogP contribution in [0, 0.1) is 5.82 Å². The highest BCUT2D eigenvalue weighted by Crippen LogP contribution is 2.16. The molecule has 3 nitrogen and oxygen atoms in total. The predicted molar refractivity (Wildman–Crippen MR) is 62.4 cm³/mol. The van der Waals surface area contributed by atoms with Gasteiger partial charge in [-0.2, -0.15) is 0 Å². The van der Waals surface area contributed by atoms with Crippen LogP contribution in [0.15, 0.2) is 18.2 Å². The first-order valence-corrected chi connectivity index (χ1v) is 5.45. The first-order valence-electron chi connectivity index (χ1n) is 5.45. The first kappa shape index (κ1) is 12.6. The van der Waals surface area contributed by atoms with E-state index in [0.29, 0.717) is 18.5 Å². The minimum atomic E-state index is -0.437. The number of amides is 1. The number of anilines is 1. The third-order valence-corrected chi connectivity index (χ3v) is 2.30. The molecule has 1 aromatic rings. The molecule has 0 radical (unpaired) electrons. The molecule has 1 aromatic carbocycles. The molecule has 0 fully saturated rings. The van der Waals surface area contributed by atoms with Gasteiger partial charge in [-0.25, -0.2) is 4.39 Å². The fourth-order valence-electron chi connectivity index (χ4n) is 1.34. The van der Waals surface area contributed by atoms with Gasteiger partial charge < -0.3 is 11.1 Å². The molecule has 0 unspecified atom stereocenters. The van der Waals surface area contributed by atoms with E-state index >= 15 is 0 Å². The summed E-state index contributed by atoms with van der Waals surface area (Å²) in [7, 11) is 0. The molecule has 0 bridgehead atoms. The first-order chi connectivity index (χ1) is 7.67. The lowest BCUT2D eigenvalue weighted by molar-refractivity contribution is -0.116. The van der Waals surface area contributed by atoms with E-state index in [4.69, 9.17) is 5.73 Å². The number of carbonyl (C=O) groups excluding carboxylic acids is 1. The molecule has 88 valence electrons. The van der Waals surface area contributed by atoms with Crippen LogP contribution in [0.2, 0.25) is 0 Å². The van der Waals surface area contributed by atoms with Crippen LogP contribution in [0.4, 0.5) is 10.1 Å². The molecule has 0 atom stereocenters. The molecule has 16 heavy (non-hydrogen) atoms. The van der Waals surface area contributed by atoms with Gasteiger partial charge in [0.1, 0.15) is 5.82 Å². The van der Waals surface area contributed by atoms with E-state index in [1.165, 1.54) is 6.07 Å². The minimum Gasteiger partial charge on any atom is -0.326 e. The van der Waals surface area contributed by atoms with Crippen LogP contribution < -0.4 is 11.1 Å². The molecule has 0 aliphatic rings. The molecule has 1 amide bonds. The Balaban J connectivity index is 2.63. The van der Waals surface area contributed by atoms with Crippen molar-refractivity contribution in [1.29, 1.82) is 0 Å². The van der Waals surface area contributed by atoms with Gasteiger partial charge in [-0.3, -0.25) is 4.79 Å². The van der Waals surface area contributed by atoms with Crippen molar-refractivity contribution in [2.75, 3.05) is 5.32 Å². The Labute approximate surface area is 94.8 Å². The average molecular weight is 224 g/mol. The quantitative estimate of drug-likeness (QED) is 0.807. The molecule has 0 aliphatic carbocycles. The second kappa shape index (κ2) is 6.23. The van der Waals surface area contributed by atoms with E-state index in [1.54, 1.807) is 12.1 Å². The third-order valence-electron chi connectivity index (χ3n) is 2.30. The highest BCUT2D eigenvalue weighted by Gasteiger charge is 2.06. The summed E-state index contributed by atoms with van der Waals surface area (Å²) in [5.74, 6) is -0.589. The van der Waals surface area contributed by atoms with Gasteiger partial charge in [0.15, 0.2) is 0 Å². The van der Waals surface area contributed by atoms with Crippen molar-refractivity contribution >= 4 is 11.6 Å². The zero-order valence-electron chi connectivity index (χ0n) is 9.42. The topological polar surface area (TPSA) is 55.1 Å². The Kier molecular flexibility index (Phi) is 4.92. The highest BCUT2D eigenvalue weighted by atomic mass is 19.1. The standard InChI is InChI=1S/C12H17FN2O/c1-2-3-4-12(16)15-11-6-5-9(8-14)7-10(11)13/h5-7H,2-4,8,14H2,1H3,(H,15,16). The largest absolute Gasteiger partial charge is 0.326 e. The number of benzene rings is 1. The number of rotatable bonds is 5. The van der Waals surface area contributed by atoms with Crippen molar-refractivity contribution in [3.05, 3.63) is 29.6 Å². The number of halogens is 1. The maximum Gasteiger partial charge on any atom is 0.224 e. The molecular weight excluding hydrogens is 207 g/mol. The van der Waals surface area contributed by atoms with Crippen LogP contribution >= 0.6 is 0 Å². The maximum absolute atomic E-state index is 13.4. The van der Waals surface area contributed by atoms with Gasteiger partial charge in [-0.1, -0.05) is 19.4 Å². The molecule has 0 heterocycles. The summed E-state index contributed by atoms with van der Waals surface area (Å²) >= 11 is 0. The molecule has 4 heteroatoms. The normalized spacial score (nSPS) is 10.2. The Morgan fingerprint density at radius 1 is 1.50 bits per heavy atom. The molecule has 0 aliphatic heterocycles. The zero-order valence-corrected chi connectivity index (χ0v) is 9.42. The fourth-order valence-corrected chi connectivity index (χ4v) is 1.34. The van der Waals surface area contributed by atoms with Crippen LogP contribution in [0.25, 0.3) is 0 Å². The van der Waals surface area contributed by atoms with Crippen molar-refractivity contribution in [2.45, 2.75) is 32.7 Å². The Hall–Kier alpha value is -1.42. The summed E-state index contributed by atoms with van der Waals surface area (Å²) in [5, 5.41) is 2.54. The molecule has 1 rings (SSSR count). The van der Waals surface area contributed by atoms with E-state index in [2.05, 4.69) is 5.32 Å². The van der Waals surface area contributed by atoms with Crippen LogP contribution in [0.1, 0.15) is 31.7 Å². The van der Waals surface area contributed by atoms with Crippen molar-refractivity contribution in [3.63, 3.8) is 0 Å². The summed E-state index contributed by atoms with van der Waals surface area (Å²) in [6, 6.07) is 4.59. The molecule has 0 spiro atoms. The van der Waals surface area contributed by atoms with Gasteiger partial charge in [0, 0.05) is 13.0 Å². The van der Waals surface area contributed by atoms with E-state index in [0.717, 1.165) is 12.8 Å². The third kappa shape index (κ3) is 3.62. The number of hydrogen-bond donors (Lipinski definition) is 2. The number of nitrogens with two attached hydrogens (primary N) is 1. The lowest BCUT2D eigenvalue weighted by Gasteiger charge is -2.07. The average Bonchev–Trinajstić information content (AvgIpc) is 2.29. The number of nitrogens with one attached hydrogen (secondary N) is 1. The van der Waals surface area contributed by atoms with E-state index in [-0.39, 0.29) is 11.6 Å². The Bertz CT molecular complexity index is 366. The lowest BCUT2D eigenvalue weighted by atomic mass is 10.2. The van der Waals surface area contributed by atoms with Crippen molar-refractivity contribution in [2.24, 2.45) is 5.73 Å². The summed E-state index contributed by atoms with van der Waals surface area (Å²) < 4.78 is 13.4. The predicted octanol–water partition coefficient (Wildman–Crippen LogP) is 2.41. The minimum absolute atomic E-state index is 0.152. The SMILES string of the molecule is CCCCC(=O)Nc1ccc(CN)cc1F. The maximum atomic E-state index is 13.4. The fraction of sp³-hybridized carbons (Fsp3) is 0.417. The van der Waals surface area contributed by atoms with Gasteiger partial charge in [-0.05, 0) is 24.1 Å². The summed E-state index contributed by atoms with van der Waals surface area (Å²) in [6.45, 7) is 2.30. The summed E-state index contributed by atoms with van der Waals surface area (Å²) in [4.78, 5) is 11.4. The van der Waals surface area contributed by atoms with Crippen molar-refractivity contribution in [1.82, 2.24) is 0 Å². The molecule has 0 saturated carbocycles. The van der Waals surface area contributed by atoms with E-state index < -0.39 is 5.82 Å². The molecule has 0 saturated heterocycles. The van der Waals surface area contributed by atoms with Gasteiger partial charge in [-0.15, -0.1) is 0 Å². The zero-order chi connectivity index (χ0) is 12.0. The van der Waals surface area contributed by atoms with Crippen LogP contribution in [-0.2, 0) is 11.3 Å². The second-order valence-electron chi connectivity index (χ2n) is 3.67. The van der Waals surface area contributed by atoms with Crippen molar-refractivity contribution in [3.8, 4) is 0 Å². The Morgan fingerprint density at radius 2 is 2.25 bits per heavy atom. The highest BCUT2D eigenvalue weighted by molar-refractivity contribution is 5.90. The number of hydrogen-bond acceptors (Lipinski definition) is 2. The van der Waals surface area contributed by atoms with E-state index in [9.17, 15) is 9.18 Å². The van der Waals surface area contributed by atoms with E-state index in [1.807, 2.05) is 6.92 Å². The van der Waals surface area contributed by atoms with Gasteiger partial charge in [0.2, 0.25) is 5.91 Å². The molecule has 0 aromatic heterocycles. The molecular formula is C12H17FN2O. The van der Waals surface area contributed by atoms with Gasteiger partial charge >= 0.3 is 0 Å².